The van der Waals surface area contributed by atoms with Crippen molar-refractivity contribution in [2.45, 2.75) is 57.5 Å². The normalized spacial score (nSPS) is 17.9. The van der Waals surface area contributed by atoms with Gasteiger partial charge in [0.1, 0.15) is 5.60 Å². The van der Waals surface area contributed by atoms with Gasteiger partial charge in [-0.25, -0.2) is 4.79 Å². The smallest absolute Gasteiger partial charge is 0.416 e. The van der Waals surface area contributed by atoms with Crippen LogP contribution in [-0.2, 0) is 24.0 Å². The Labute approximate surface area is 209 Å². The number of carbonyl (C=O) groups excluding carboxylic acids is 2. The van der Waals surface area contributed by atoms with Gasteiger partial charge in [-0.05, 0) is 41.8 Å². The van der Waals surface area contributed by atoms with E-state index in [1.807, 2.05) is 12.1 Å². The molecule has 0 unspecified atom stereocenters. The molecule has 0 atom stereocenters. The van der Waals surface area contributed by atoms with E-state index in [2.05, 4.69) is 17.1 Å². The Kier molecular flexibility index (Phi) is 7.88. The van der Waals surface area contributed by atoms with Gasteiger partial charge in [-0.2, -0.15) is 13.2 Å². The SMILES string of the molecule is CCCCNC(=O)c1ccc(CN2CC3(CCN(Cc4ccc(C(F)(F)F)cc4)CC3)OC2=O)cc1. The Morgan fingerprint density at radius 3 is 2.22 bits per heavy atom. The lowest BCUT2D eigenvalue weighted by Crippen LogP contribution is -2.46. The molecule has 2 aliphatic rings. The molecule has 36 heavy (non-hydrogen) atoms. The van der Waals surface area contributed by atoms with Gasteiger partial charge in [-0.3, -0.25) is 14.6 Å². The van der Waals surface area contributed by atoms with E-state index in [9.17, 15) is 22.8 Å². The number of nitrogens with one attached hydrogen (secondary N) is 1. The molecular formula is C27H32F3N3O3. The fourth-order valence-electron chi connectivity index (χ4n) is 4.71. The molecule has 0 saturated carbocycles. The highest BCUT2D eigenvalue weighted by molar-refractivity contribution is 5.94. The maximum Gasteiger partial charge on any atom is 0.416 e. The number of amides is 2. The summed E-state index contributed by atoms with van der Waals surface area (Å²) in [5.41, 5.74) is 1.16. The number of halogens is 3. The van der Waals surface area contributed by atoms with Gasteiger partial charge in [0.15, 0.2) is 0 Å². The molecule has 2 fully saturated rings. The zero-order chi connectivity index (χ0) is 25.8. The monoisotopic (exact) mass is 503 g/mol. The lowest BCUT2D eigenvalue weighted by Gasteiger charge is -2.37. The van der Waals surface area contributed by atoms with Crippen molar-refractivity contribution in [3.8, 4) is 0 Å². The molecule has 0 radical (unpaired) electrons. The summed E-state index contributed by atoms with van der Waals surface area (Å²) in [5, 5.41) is 2.89. The number of hydrogen-bond acceptors (Lipinski definition) is 4. The highest BCUT2D eigenvalue weighted by atomic mass is 19.4. The summed E-state index contributed by atoms with van der Waals surface area (Å²) in [6.45, 7) is 5.59. The molecule has 194 valence electrons. The highest BCUT2D eigenvalue weighted by Crippen LogP contribution is 2.35. The Balaban J connectivity index is 1.27. The third-order valence-corrected chi connectivity index (χ3v) is 6.90. The van der Waals surface area contributed by atoms with E-state index in [0.717, 1.165) is 36.1 Å². The van der Waals surface area contributed by atoms with Crippen LogP contribution >= 0.6 is 0 Å². The number of piperidine rings is 1. The minimum absolute atomic E-state index is 0.0995. The number of unbranched alkanes of at least 4 members (excludes halogenated alkanes) is 1. The second-order valence-electron chi connectivity index (χ2n) is 9.68. The van der Waals surface area contributed by atoms with Gasteiger partial charge in [-0.1, -0.05) is 37.6 Å². The zero-order valence-electron chi connectivity index (χ0n) is 20.4. The third kappa shape index (κ3) is 6.37. The molecule has 9 heteroatoms. The molecule has 6 nitrogen and oxygen atoms in total. The number of carbonyl (C=O) groups is 2. The molecular weight excluding hydrogens is 471 g/mol. The minimum atomic E-state index is -4.33. The van der Waals surface area contributed by atoms with Crippen molar-refractivity contribution in [1.82, 2.24) is 15.1 Å². The average Bonchev–Trinajstić information content (AvgIpc) is 3.15. The van der Waals surface area contributed by atoms with Crippen LogP contribution < -0.4 is 5.32 Å². The lowest BCUT2D eigenvalue weighted by molar-refractivity contribution is -0.137. The summed E-state index contributed by atoms with van der Waals surface area (Å²) in [6.07, 6.45) is -1.37. The van der Waals surface area contributed by atoms with Crippen LogP contribution in [0.5, 0.6) is 0 Å². The van der Waals surface area contributed by atoms with Gasteiger partial charge in [0.2, 0.25) is 0 Å². The van der Waals surface area contributed by atoms with Crippen molar-refractivity contribution in [3.63, 3.8) is 0 Å². The highest BCUT2D eigenvalue weighted by Gasteiger charge is 2.46. The summed E-state index contributed by atoms with van der Waals surface area (Å²) < 4.78 is 44.1. The molecule has 4 rings (SSSR count). The first-order valence-electron chi connectivity index (χ1n) is 12.4. The maximum atomic E-state index is 12.8. The molecule has 2 saturated heterocycles. The van der Waals surface area contributed by atoms with Gasteiger partial charge in [0.25, 0.3) is 5.91 Å². The van der Waals surface area contributed by atoms with E-state index in [0.29, 0.717) is 57.7 Å². The molecule has 1 spiro atoms. The molecule has 2 amide bonds. The molecule has 2 aliphatic heterocycles. The minimum Gasteiger partial charge on any atom is -0.441 e. The number of hydrogen-bond donors (Lipinski definition) is 1. The van der Waals surface area contributed by atoms with E-state index in [1.54, 1.807) is 17.0 Å². The van der Waals surface area contributed by atoms with Crippen molar-refractivity contribution in [3.05, 3.63) is 70.8 Å². The van der Waals surface area contributed by atoms with Crippen LogP contribution in [0.4, 0.5) is 18.0 Å². The summed E-state index contributed by atoms with van der Waals surface area (Å²) in [7, 11) is 0. The second-order valence-corrected chi connectivity index (χ2v) is 9.68. The first kappa shape index (κ1) is 26.0. The molecule has 2 aromatic carbocycles. The fourth-order valence-corrected chi connectivity index (χ4v) is 4.71. The quantitative estimate of drug-likeness (QED) is 0.502. The zero-order valence-corrected chi connectivity index (χ0v) is 20.4. The largest absolute Gasteiger partial charge is 0.441 e. The first-order valence-corrected chi connectivity index (χ1v) is 12.4. The van der Waals surface area contributed by atoms with Crippen LogP contribution in [0.1, 0.15) is 59.7 Å². The number of benzene rings is 2. The number of rotatable bonds is 8. The number of ether oxygens (including phenoxy) is 1. The maximum absolute atomic E-state index is 12.8. The standard InChI is InChI=1S/C27H32F3N3O3/c1-2-3-14-31-24(34)22-8-4-21(5-9-22)18-33-19-26(36-25(33)35)12-15-32(16-13-26)17-20-6-10-23(11-7-20)27(28,29)30/h4-11H,2-3,12-19H2,1H3,(H,31,34). The van der Waals surface area contributed by atoms with Gasteiger partial charge in [-0.15, -0.1) is 0 Å². The summed E-state index contributed by atoms with van der Waals surface area (Å²) in [5.74, 6) is -0.0995. The van der Waals surface area contributed by atoms with E-state index >= 15 is 0 Å². The van der Waals surface area contributed by atoms with Crippen LogP contribution in [0.25, 0.3) is 0 Å². The van der Waals surface area contributed by atoms with Crippen LogP contribution in [0.3, 0.4) is 0 Å². The molecule has 2 heterocycles. The number of alkyl halides is 3. The summed E-state index contributed by atoms with van der Waals surface area (Å²) in [4.78, 5) is 28.6. The summed E-state index contributed by atoms with van der Waals surface area (Å²) in [6, 6.07) is 12.5. The lowest BCUT2D eigenvalue weighted by atomic mass is 9.91. The van der Waals surface area contributed by atoms with E-state index < -0.39 is 17.3 Å². The number of nitrogens with zero attached hydrogens (tertiary/aromatic N) is 2. The van der Waals surface area contributed by atoms with Crippen molar-refractivity contribution in [2.75, 3.05) is 26.2 Å². The predicted octanol–water partition coefficient (Wildman–Crippen LogP) is 5.22. The van der Waals surface area contributed by atoms with Gasteiger partial charge in [0, 0.05) is 51.1 Å². The van der Waals surface area contributed by atoms with E-state index in [-0.39, 0.29) is 12.0 Å². The van der Waals surface area contributed by atoms with E-state index in [1.165, 1.54) is 12.1 Å². The average molecular weight is 504 g/mol. The van der Waals surface area contributed by atoms with Crippen LogP contribution in [0, 0.1) is 0 Å². The molecule has 0 aliphatic carbocycles. The Bertz CT molecular complexity index is 1050. The van der Waals surface area contributed by atoms with Crippen molar-refractivity contribution in [1.29, 1.82) is 0 Å². The molecule has 2 aromatic rings. The number of likely N-dealkylation sites (tertiary alicyclic amines) is 1. The Morgan fingerprint density at radius 2 is 1.61 bits per heavy atom. The van der Waals surface area contributed by atoms with Crippen LogP contribution in [0.2, 0.25) is 0 Å². The predicted molar refractivity (Wildman–Crippen MR) is 129 cm³/mol. The van der Waals surface area contributed by atoms with Crippen LogP contribution in [-0.4, -0.2) is 53.6 Å². The fraction of sp³-hybridized carbons (Fsp3) is 0.481. The van der Waals surface area contributed by atoms with E-state index in [4.69, 9.17) is 4.74 Å². The van der Waals surface area contributed by atoms with Crippen molar-refractivity contribution in [2.24, 2.45) is 0 Å². The van der Waals surface area contributed by atoms with Crippen LogP contribution in [0.15, 0.2) is 48.5 Å². The second kappa shape index (κ2) is 10.9. The van der Waals surface area contributed by atoms with Gasteiger partial charge < -0.3 is 10.1 Å². The molecule has 0 aromatic heterocycles. The van der Waals surface area contributed by atoms with Crippen molar-refractivity contribution < 1.29 is 27.5 Å². The van der Waals surface area contributed by atoms with Crippen molar-refractivity contribution >= 4 is 12.0 Å². The topological polar surface area (TPSA) is 61.9 Å². The molecule has 0 bridgehead atoms. The Hall–Kier alpha value is -3.07. The third-order valence-electron chi connectivity index (χ3n) is 6.90. The first-order chi connectivity index (χ1) is 17.2. The van der Waals surface area contributed by atoms with Gasteiger partial charge in [0.05, 0.1) is 12.1 Å². The molecule has 1 N–H and O–H groups in total. The Morgan fingerprint density at radius 1 is 1.00 bits per heavy atom. The van der Waals surface area contributed by atoms with Gasteiger partial charge >= 0.3 is 12.3 Å². The summed E-state index contributed by atoms with van der Waals surface area (Å²) >= 11 is 0.